The van der Waals surface area contributed by atoms with Crippen LogP contribution < -0.4 is 10.2 Å². The van der Waals surface area contributed by atoms with Crippen LogP contribution in [0.4, 0.5) is 0 Å². The van der Waals surface area contributed by atoms with Gasteiger partial charge in [-0.3, -0.25) is 9.59 Å². The number of phenolic OH excluding ortho intramolecular Hbond substituents is 8. The number of phenols is 8. The Bertz CT molecular complexity index is 2020. The molecule has 6 rings (SSSR count). The number of carbonyl (C=O) groups excluding carboxylic acids is 1. The standard InChI is InChI=1S/C30H20O12/c31-12-4-19(36)28-21(38)9-24(42-25(28)5-12)13-6-17(34)18(35)7-14(13)27-20(37)10-26-29(30(27)40)22(39)8-23(41-26)11-1-2-15(32)16(33)3-11/h1-8,10,24,31-37,40H,9H2. The van der Waals surface area contributed by atoms with Crippen LogP contribution in [0.3, 0.4) is 0 Å². The maximum atomic E-state index is 13.2. The number of aromatic hydroxyl groups is 8. The zero-order valence-corrected chi connectivity index (χ0v) is 21.2. The topological polar surface area (TPSA) is 218 Å². The van der Waals surface area contributed by atoms with Crippen LogP contribution in [0.1, 0.15) is 28.4 Å². The van der Waals surface area contributed by atoms with Gasteiger partial charge in [-0.15, -0.1) is 0 Å². The van der Waals surface area contributed by atoms with E-state index in [1.807, 2.05) is 0 Å². The van der Waals surface area contributed by atoms with Crippen LogP contribution in [0.5, 0.6) is 51.7 Å². The van der Waals surface area contributed by atoms with Crippen LogP contribution >= 0.6 is 0 Å². The molecule has 0 saturated carbocycles. The van der Waals surface area contributed by atoms with Gasteiger partial charge in [0.05, 0.1) is 12.0 Å². The van der Waals surface area contributed by atoms with E-state index in [0.29, 0.717) is 0 Å². The second-order valence-electron chi connectivity index (χ2n) is 9.67. The smallest absolute Gasteiger partial charge is 0.197 e. The number of rotatable bonds is 3. The Hall–Kier alpha value is -6.04. The van der Waals surface area contributed by atoms with Crippen LogP contribution in [0.2, 0.25) is 0 Å². The monoisotopic (exact) mass is 572 g/mol. The van der Waals surface area contributed by atoms with E-state index in [2.05, 4.69) is 0 Å². The highest BCUT2D eigenvalue weighted by molar-refractivity contribution is 6.03. The molecular formula is C30H20O12. The number of hydrogen-bond donors (Lipinski definition) is 8. The minimum Gasteiger partial charge on any atom is -0.508 e. The van der Waals surface area contributed by atoms with Crippen molar-refractivity contribution in [2.45, 2.75) is 12.5 Å². The maximum absolute atomic E-state index is 13.2. The Labute approximate surface area is 234 Å². The summed E-state index contributed by atoms with van der Waals surface area (Å²) in [7, 11) is 0. The lowest BCUT2D eigenvalue weighted by atomic mass is 9.88. The molecule has 1 unspecified atom stereocenters. The van der Waals surface area contributed by atoms with Crippen LogP contribution in [-0.2, 0) is 0 Å². The van der Waals surface area contributed by atoms with Gasteiger partial charge in [-0.25, -0.2) is 0 Å². The highest BCUT2D eigenvalue weighted by Crippen LogP contribution is 2.50. The molecule has 0 amide bonds. The zero-order chi connectivity index (χ0) is 30.0. The highest BCUT2D eigenvalue weighted by Gasteiger charge is 2.34. The molecule has 1 aliphatic rings. The third kappa shape index (κ3) is 4.09. The quantitative estimate of drug-likeness (QED) is 0.140. The summed E-state index contributed by atoms with van der Waals surface area (Å²) >= 11 is 0. The van der Waals surface area contributed by atoms with Gasteiger partial charge in [-0.05, 0) is 35.9 Å². The molecule has 0 spiro atoms. The van der Waals surface area contributed by atoms with Gasteiger partial charge in [0.2, 0.25) is 0 Å². The van der Waals surface area contributed by atoms with Gasteiger partial charge in [0.1, 0.15) is 57.1 Å². The number of carbonyl (C=O) groups is 1. The van der Waals surface area contributed by atoms with Crippen molar-refractivity contribution < 1.29 is 54.8 Å². The molecule has 12 nitrogen and oxygen atoms in total. The van der Waals surface area contributed by atoms with Crippen molar-refractivity contribution in [2.24, 2.45) is 0 Å². The number of hydrogen-bond acceptors (Lipinski definition) is 12. The first-order valence-corrected chi connectivity index (χ1v) is 12.3. The molecule has 2 heterocycles. The summed E-state index contributed by atoms with van der Waals surface area (Å²) in [6, 6.07) is 9.94. The molecule has 4 aromatic carbocycles. The maximum Gasteiger partial charge on any atom is 0.197 e. The van der Waals surface area contributed by atoms with Gasteiger partial charge in [0.15, 0.2) is 34.2 Å². The third-order valence-electron chi connectivity index (χ3n) is 6.98. The van der Waals surface area contributed by atoms with E-state index >= 15 is 0 Å². The normalized spacial score (nSPS) is 14.5. The van der Waals surface area contributed by atoms with E-state index in [1.54, 1.807) is 0 Å². The Kier molecular flexibility index (Phi) is 5.78. The van der Waals surface area contributed by atoms with E-state index < -0.39 is 57.6 Å². The molecular weight excluding hydrogens is 552 g/mol. The van der Waals surface area contributed by atoms with Crippen LogP contribution in [-0.4, -0.2) is 46.6 Å². The van der Waals surface area contributed by atoms with Crippen molar-refractivity contribution in [1.29, 1.82) is 0 Å². The molecule has 212 valence electrons. The predicted octanol–water partition coefficient (Wildman–Crippen LogP) is 4.48. The number of ketones is 1. The lowest BCUT2D eigenvalue weighted by molar-refractivity contribution is 0.0845. The Balaban J connectivity index is 1.53. The zero-order valence-electron chi connectivity index (χ0n) is 21.2. The summed E-state index contributed by atoms with van der Waals surface area (Å²) in [6.45, 7) is 0. The largest absolute Gasteiger partial charge is 0.508 e. The van der Waals surface area contributed by atoms with Crippen molar-refractivity contribution in [2.75, 3.05) is 0 Å². The molecule has 1 atom stereocenters. The second kappa shape index (κ2) is 9.27. The van der Waals surface area contributed by atoms with Crippen molar-refractivity contribution >= 4 is 16.8 Å². The Morgan fingerprint density at radius 3 is 2.10 bits per heavy atom. The number of fused-ring (bicyclic) bond motifs is 2. The molecule has 5 aromatic rings. The van der Waals surface area contributed by atoms with E-state index in [9.17, 15) is 50.4 Å². The van der Waals surface area contributed by atoms with Gasteiger partial charge in [-0.1, -0.05) is 0 Å². The van der Waals surface area contributed by atoms with Crippen molar-refractivity contribution in [3.63, 3.8) is 0 Å². The Morgan fingerprint density at radius 2 is 1.36 bits per heavy atom. The van der Waals surface area contributed by atoms with Gasteiger partial charge < -0.3 is 50.0 Å². The fourth-order valence-electron chi connectivity index (χ4n) is 5.05. The van der Waals surface area contributed by atoms with Crippen LogP contribution in [0.15, 0.2) is 63.8 Å². The van der Waals surface area contributed by atoms with Crippen molar-refractivity contribution in [3.8, 4) is 74.2 Å². The number of Topliss-reactive ketones (excluding diaryl/α,β-unsaturated/α-hetero) is 1. The molecule has 1 aliphatic heterocycles. The van der Waals surface area contributed by atoms with Gasteiger partial charge in [0.25, 0.3) is 0 Å². The average molecular weight is 572 g/mol. The minimum absolute atomic E-state index is 0.0117. The highest BCUT2D eigenvalue weighted by atomic mass is 16.5. The summed E-state index contributed by atoms with van der Waals surface area (Å²) in [6.07, 6.45) is -1.56. The van der Waals surface area contributed by atoms with Crippen molar-refractivity contribution in [1.82, 2.24) is 0 Å². The van der Waals surface area contributed by atoms with Gasteiger partial charge in [-0.2, -0.15) is 0 Å². The molecule has 8 N–H and O–H groups in total. The molecule has 42 heavy (non-hydrogen) atoms. The summed E-state index contributed by atoms with van der Waals surface area (Å²) in [5, 5.41) is 82.0. The molecule has 12 heteroatoms. The lowest BCUT2D eigenvalue weighted by Crippen LogP contribution is -2.21. The molecule has 0 saturated heterocycles. The van der Waals surface area contributed by atoms with E-state index in [1.165, 1.54) is 12.1 Å². The first kappa shape index (κ1) is 26.2. The summed E-state index contributed by atoms with van der Waals surface area (Å²) in [4.78, 5) is 26.1. The summed E-state index contributed by atoms with van der Waals surface area (Å²) in [5.41, 5.74) is -1.38. The molecule has 0 aliphatic carbocycles. The van der Waals surface area contributed by atoms with E-state index in [0.717, 1.165) is 42.5 Å². The van der Waals surface area contributed by atoms with Crippen LogP contribution in [0.25, 0.3) is 33.4 Å². The first-order valence-electron chi connectivity index (χ1n) is 12.3. The average Bonchev–Trinajstić information content (AvgIpc) is 2.90. The predicted molar refractivity (Wildman–Crippen MR) is 145 cm³/mol. The Morgan fingerprint density at radius 1 is 0.667 bits per heavy atom. The van der Waals surface area contributed by atoms with E-state index in [4.69, 9.17) is 9.15 Å². The third-order valence-corrected chi connectivity index (χ3v) is 6.98. The SMILES string of the molecule is O=C1CC(c2cc(O)c(O)cc2-c2c(O)cc3oc(-c4ccc(O)c(O)c4)cc(=O)c3c2O)Oc2cc(O)cc(O)c21. The minimum atomic E-state index is -1.19. The molecule has 0 bridgehead atoms. The fraction of sp³-hybridized carbons (Fsp3) is 0.0667. The number of benzene rings is 4. The summed E-state index contributed by atoms with van der Waals surface area (Å²) < 4.78 is 11.6. The fourth-order valence-corrected chi connectivity index (χ4v) is 5.05. The lowest BCUT2D eigenvalue weighted by Gasteiger charge is -2.28. The van der Waals surface area contributed by atoms with Crippen LogP contribution in [0, 0.1) is 0 Å². The summed E-state index contributed by atoms with van der Waals surface area (Å²) in [5.74, 6) is -5.14. The molecule has 0 radical (unpaired) electrons. The second-order valence-corrected chi connectivity index (χ2v) is 9.67. The molecule has 0 fully saturated rings. The first-order chi connectivity index (χ1) is 19.9. The van der Waals surface area contributed by atoms with Gasteiger partial charge in [0, 0.05) is 35.4 Å². The molecule has 1 aromatic heterocycles. The number of ether oxygens (including phenoxy) is 1. The van der Waals surface area contributed by atoms with E-state index in [-0.39, 0.29) is 62.5 Å². The van der Waals surface area contributed by atoms with Gasteiger partial charge >= 0.3 is 0 Å². The van der Waals surface area contributed by atoms with Crippen molar-refractivity contribution in [3.05, 3.63) is 75.9 Å².